The Bertz CT molecular complexity index is 548. The number of aromatic nitrogens is 2. The normalized spacial score (nSPS) is 10.8. The van der Waals surface area contributed by atoms with Gasteiger partial charge in [0.1, 0.15) is 5.75 Å². The fourth-order valence-electron chi connectivity index (χ4n) is 2.24. The first-order valence-corrected chi connectivity index (χ1v) is 7.09. The number of aryl methyl sites for hydroxylation is 1. The van der Waals surface area contributed by atoms with Gasteiger partial charge in [0.15, 0.2) is 0 Å². The molecule has 20 heavy (non-hydrogen) atoms. The molecule has 1 N–H and O–H groups in total. The number of benzene rings is 1. The van der Waals surface area contributed by atoms with Crippen molar-refractivity contribution in [2.45, 2.75) is 33.4 Å². The molecule has 2 rings (SSSR count). The lowest BCUT2D eigenvalue weighted by Gasteiger charge is -2.12. The van der Waals surface area contributed by atoms with Crippen molar-refractivity contribution in [1.82, 2.24) is 15.1 Å². The van der Waals surface area contributed by atoms with Crippen LogP contribution < -0.4 is 10.1 Å². The molecule has 0 saturated heterocycles. The zero-order valence-corrected chi connectivity index (χ0v) is 12.5. The van der Waals surface area contributed by atoms with E-state index in [1.165, 1.54) is 11.3 Å². The molecule has 4 nitrogen and oxygen atoms in total. The molecule has 0 unspecified atom stereocenters. The van der Waals surface area contributed by atoms with Crippen LogP contribution in [0.2, 0.25) is 0 Å². The molecular weight excluding hydrogens is 250 g/mol. The zero-order chi connectivity index (χ0) is 14.4. The third-order valence-electron chi connectivity index (χ3n) is 3.29. The van der Waals surface area contributed by atoms with Gasteiger partial charge in [0, 0.05) is 18.3 Å². The van der Waals surface area contributed by atoms with Crippen LogP contribution in [0.15, 0.2) is 30.5 Å². The van der Waals surface area contributed by atoms with Crippen LogP contribution in [0.4, 0.5) is 0 Å². The Morgan fingerprint density at radius 2 is 2.15 bits per heavy atom. The summed E-state index contributed by atoms with van der Waals surface area (Å²) in [5.41, 5.74) is 3.59. The summed E-state index contributed by atoms with van der Waals surface area (Å²) >= 11 is 0. The number of methoxy groups -OCH3 is 1. The average molecular weight is 273 g/mol. The Morgan fingerprint density at radius 3 is 2.90 bits per heavy atom. The van der Waals surface area contributed by atoms with E-state index in [9.17, 15) is 0 Å². The van der Waals surface area contributed by atoms with Gasteiger partial charge in [-0.05, 0) is 32.0 Å². The maximum Gasteiger partial charge on any atom is 0.123 e. The van der Waals surface area contributed by atoms with Crippen molar-refractivity contribution in [2.24, 2.45) is 0 Å². The van der Waals surface area contributed by atoms with Crippen molar-refractivity contribution >= 4 is 0 Å². The smallest absolute Gasteiger partial charge is 0.123 e. The summed E-state index contributed by atoms with van der Waals surface area (Å²) < 4.78 is 7.46. The van der Waals surface area contributed by atoms with Gasteiger partial charge in [-0.2, -0.15) is 5.10 Å². The molecule has 108 valence electrons. The van der Waals surface area contributed by atoms with E-state index in [0.717, 1.165) is 37.4 Å². The number of nitrogens with one attached hydrogen (secondary N) is 1. The minimum Gasteiger partial charge on any atom is -0.496 e. The quantitative estimate of drug-likeness (QED) is 0.788. The first-order chi connectivity index (χ1) is 9.74. The summed E-state index contributed by atoms with van der Waals surface area (Å²) in [4.78, 5) is 0. The number of hydrogen-bond acceptors (Lipinski definition) is 3. The third-order valence-corrected chi connectivity index (χ3v) is 3.29. The fourth-order valence-corrected chi connectivity index (χ4v) is 2.24. The summed E-state index contributed by atoms with van der Waals surface area (Å²) in [5, 5.41) is 7.83. The van der Waals surface area contributed by atoms with Crippen LogP contribution in [-0.2, 0) is 13.1 Å². The van der Waals surface area contributed by atoms with E-state index in [1.807, 2.05) is 16.9 Å². The van der Waals surface area contributed by atoms with Crippen molar-refractivity contribution in [1.29, 1.82) is 0 Å². The van der Waals surface area contributed by atoms with Gasteiger partial charge < -0.3 is 10.1 Å². The molecule has 0 aliphatic rings. The predicted octanol–water partition coefficient (Wildman–Crippen LogP) is 2.75. The molecular formula is C16H23N3O. The molecule has 0 spiro atoms. The van der Waals surface area contributed by atoms with Gasteiger partial charge in [-0.1, -0.05) is 24.6 Å². The average Bonchev–Trinajstić information content (AvgIpc) is 2.87. The topological polar surface area (TPSA) is 39.1 Å². The highest BCUT2D eigenvalue weighted by molar-refractivity contribution is 5.37. The highest BCUT2D eigenvalue weighted by Gasteiger charge is 2.07. The van der Waals surface area contributed by atoms with E-state index in [1.54, 1.807) is 7.11 Å². The lowest BCUT2D eigenvalue weighted by atomic mass is 10.1. The third kappa shape index (κ3) is 3.61. The van der Waals surface area contributed by atoms with Crippen molar-refractivity contribution in [3.8, 4) is 5.75 Å². The molecule has 1 heterocycles. The monoisotopic (exact) mass is 273 g/mol. The molecule has 0 saturated carbocycles. The summed E-state index contributed by atoms with van der Waals surface area (Å²) in [6.07, 6.45) is 2.99. The van der Waals surface area contributed by atoms with Gasteiger partial charge in [-0.25, -0.2) is 0 Å². The number of rotatable bonds is 7. The van der Waals surface area contributed by atoms with Crippen molar-refractivity contribution in [2.75, 3.05) is 13.7 Å². The lowest BCUT2D eigenvalue weighted by Crippen LogP contribution is -2.18. The van der Waals surface area contributed by atoms with E-state index in [0.29, 0.717) is 0 Å². The molecule has 0 radical (unpaired) electrons. The van der Waals surface area contributed by atoms with E-state index in [4.69, 9.17) is 4.74 Å². The highest BCUT2D eigenvalue weighted by Crippen LogP contribution is 2.21. The van der Waals surface area contributed by atoms with Gasteiger partial charge >= 0.3 is 0 Å². The molecule has 4 heteroatoms. The van der Waals surface area contributed by atoms with Gasteiger partial charge in [0.25, 0.3) is 0 Å². The predicted molar refractivity (Wildman–Crippen MR) is 81.1 cm³/mol. The van der Waals surface area contributed by atoms with Crippen LogP contribution in [0.1, 0.15) is 30.2 Å². The highest BCUT2D eigenvalue weighted by atomic mass is 16.5. The minimum absolute atomic E-state index is 0.737. The van der Waals surface area contributed by atoms with Crippen LogP contribution in [0.5, 0.6) is 5.75 Å². The number of nitrogens with zero attached hydrogens (tertiary/aromatic N) is 2. The SMILES string of the molecule is CCCNCc1ccnn1Cc1cc(C)ccc1OC. The largest absolute Gasteiger partial charge is 0.496 e. The van der Waals surface area contributed by atoms with Crippen LogP contribution in [0.25, 0.3) is 0 Å². The molecule has 1 aromatic heterocycles. The van der Waals surface area contributed by atoms with Gasteiger partial charge in [0.2, 0.25) is 0 Å². The molecule has 0 aliphatic carbocycles. The molecule has 0 bridgehead atoms. The lowest BCUT2D eigenvalue weighted by molar-refractivity contribution is 0.406. The standard InChI is InChI=1S/C16H23N3O/c1-4-8-17-11-15-7-9-18-19(15)12-14-10-13(2)5-6-16(14)20-3/h5-7,9-10,17H,4,8,11-12H2,1-3H3. The van der Waals surface area contributed by atoms with E-state index in [2.05, 4.69) is 42.5 Å². The van der Waals surface area contributed by atoms with Crippen molar-refractivity contribution < 1.29 is 4.74 Å². The van der Waals surface area contributed by atoms with Crippen molar-refractivity contribution in [3.05, 3.63) is 47.3 Å². The first kappa shape index (κ1) is 14.6. The van der Waals surface area contributed by atoms with Crippen LogP contribution >= 0.6 is 0 Å². The van der Waals surface area contributed by atoms with Crippen LogP contribution in [0.3, 0.4) is 0 Å². The van der Waals surface area contributed by atoms with Crippen molar-refractivity contribution in [3.63, 3.8) is 0 Å². The van der Waals surface area contributed by atoms with Gasteiger partial charge in [-0.15, -0.1) is 0 Å². The molecule has 1 aromatic carbocycles. The number of hydrogen-bond donors (Lipinski definition) is 1. The first-order valence-electron chi connectivity index (χ1n) is 7.09. The Morgan fingerprint density at radius 1 is 1.30 bits per heavy atom. The minimum atomic E-state index is 0.737. The Balaban J connectivity index is 2.14. The fraction of sp³-hybridized carbons (Fsp3) is 0.438. The second-order valence-corrected chi connectivity index (χ2v) is 4.97. The van der Waals surface area contributed by atoms with Gasteiger partial charge in [-0.3, -0.25) is 4.68 Å². The van der Waals surface area contributed by atoms with E-state index >= 15 is 0 Å². The summed E-state index contributed by atoms with van der Waals surface area (Å²) in [6.45, 7) is 6.87. The maximum atomic E-state index is 5.43. The maximum absolute atomic E-state index is 5.43. The molecule has 0 amide bonds. The van der Waals surface area contributed by atoms with E-state index in [-0.39, 0.29) is 0 Å². The Labute approximate surface area is 120 Å². The summed E-state index contributed by atoms with van der Waals surface area (Å²) in [6, 6.07) is 8.30. The molecule has 0 aliphatic heterocycles. The van der Waals surface area contributed by atoms with E-state index < -0.39 is 0 Å². The molecule has 0 atom stereocenters. The summed E-state index contributed by atoms with van der Waals surface area (Å²) in [5.74, 6) is 0.915. The van der Waals surface area contributed by atoms with Gasteiger partial charge in [0.05, 0.1) is 19.3 Å². The van der Waals surface area contributed by atoms with Crippen LogP contribution in [-0.4, -0.2) is 23.4 Å². The Hall–Kier alpha value is -1.81. The second kappa shape index (κ2) is 7.10. The molecule has 0 fully saturated rings. The Kier molecular flexibility index (Phi) is 5.18. The molecule has 2 aromatic rings. The zero-order valence-electron chi connectivity index (χ0n) is 12.5. The summed E-state index contributed by atoms with van der Waals surface area (Å²) in [7, 11) is 1.71. The number of ether oxygens (including phenoxy) is 1. The van der Waals surface area contributed by atoms with Crippen LogP contribution in [0, 0.1) is 6.92 Å². The second-order valence-electron chi connectivity index (χ2n) is 4.97.